The van der Waals surface area contributed by atoms with Gasteiger partial charge in [-0.25, -0.2) is 4.98 Å². The smallest absolute Gasteiger partial charge is 0.313 e. The summed E-state index contributed by atoms with van der Waals surface area (Å²) in [5.74, 6) is -0.0536. The van der Waals surface area contributed by atoms with Crippen LogP contribution < -0.4 is 4.74 Å². The predicted octanol–water partition coefficient (Wildman–Crippen LogP) is 3.18. The molecule has 5 heteroatoms. The van der Waals surface area contributed by atoms with E-state index >= 15 is 0 Å². The third kappa shape index (κ3) is 3.20. The molecule has 0 radical (unpaired) electrons. The lowest BCUT2D eigenvalue weighted by Crippen LogP contribution is -2.20. The van der Waals surface area contributed by atoms with Crippen LogP contribution in [-0.4, -0.2) is 24.7 Å². The van der Waals surface area contributed by atoms with E-state index in [1.54, 1.807) is 32.4 Å². The van der Waals surface area contributed by atoms with Crippen LogP contribution in [0.1, 0.15) is 18.9 Å². The molecule has 0 saturated heterocycles. The lowest BCUT2D eigenvalue weighted by molar-refractivity contribution is -0.145. The van der Waals surface area contributed by atoms with E-state index in [4.69, 9.17) is 21.1 Å². The molecule has 0 N–H and O–H groups in total. The highest BCUT2D eigenvalue weighted by atomic mass is 35.5. The Morgan fingerprint density at radius 1 is 1.50 bits per heavy atom. The van der Waals surface area contributed by atoms with Crippen molar-refractivity contribution in [3.05, 3.63) is 41.1 Å². The number of carbonyl (C=O) groups is 1. The van der Waals surface area contributed by atoms with Gasteiger partial charge in [-0.1, -0.05) is 17.7 Å². The first kappa shape index (κ1) is 14.6. The van der Waals surface area contributed by atoms with Gasteiger partial charge in [0.15, 0.2) is 0 Å². The van der Waals surface area contributed by atoms with E-state index in [9.17, 15) is 4.79 Å². The molecule has 0 bridgehead atoms. The largest absolute Gasteiger partial charge is 0.481 e. The molecule has 0 aromatic carbocycles. The first-order valence-electron chi connectivity index (χ1n) is 6.40. The SMILES string of the molecule is CCOC(=O)C1CC=C(Cl)C=C1c1ccc(OC)nc1. The van der Waals surface area contributed by atoms with Crippen LogP contribution in [0.15, 0.2) is 35.5 Å². The fraction of sp³-hybridized carbons (Fsp3) is 0.333. The molecule has 106 valence electrons. The maximum absolute atomic E-state index is 12.0. The van der Waals surface area contributed by atoms with Crippen molar-refractivity contribution in [3.8, 4) is 5.88 Å². The fourth-order valence-corrected chi connectivity index (χ4v) is 2.29. The first-order valence-corrected chi connectivity index (χ1v) is 6.77. The van der Waals surface area contributed by atoms with Crippen molar-refractivity contribution in [2.45, 2.75) is 13.3 Å². The standard InChI is InChI=1S/C15H16ClNO3/c1-3-20-15(18)12-6-5-11(16)8-13(12)10-4-7-14(19-2)17-9-10/h4-5,7-9,12H,3,6H2,1-2H3. The van der Waals surface area contributed by atoms with Crippen LogP contribution in [-0.2, 0) is 9.53 Å². The summed E-state index contributed by atoms with van der Waals surface area (Å²) in [6.07, 6.45) is 5.82. The summed E-state index contributed by atoms with van der Waals surface area (Å²) in [6.45, 7) is 2.16. The number of ether oxygens (including phenoxy) is 2. The van der Waals surface area contributed by atoms with Crippen molar-refractivity contribution in [1.29, 1.82) is 0 Å². The molecular weight excluding hydrogens is 278 g/mol. The molecule has 1 aliphatic carbocycles. The number of pyridine rings is 1. The quantitative estimate of drug-likeness (QED) is 0.800. The number of allylic oxidation sites excluding steroid dienone is 3. The summed E-state index contributed by atoms with van der Waals surface area (Å²) in [5.41, 5.74) is 1.67. The van der Waals surface area contributed by atoms with Crippen LogP contribution in [0.2, 0.25) is 0 Å². The Kier molecular flexibility index (Phi) is 4.79. The molecule has 1 atom stereocenters. The van der Waals surface area contributed by atoms with E-state index in [2.05, 4.69) is 4.98 Å². The van der Waals surface area contributed by atoms with Crippen LogP contribution in [0.4, 0.5) is 0 Å². The van der Waals surface area contributed by atoms with E-state index in [-0.39, 0.29) is 11.9 Å². The van der Waals surface area contributed by atoms with Crippen LogP contribution in [0.5, 0.6) is 5.88 Å². The number of halogens is 1. The molecule has 1 unspecified atom stereocenters. The van der Waals surface area contributed by atoms with E-state index in [1.165, 1.54) is 0 Å². The Labute approximate surface area is 123 Å². The second kappa shape index (κ2) is 6.57. The highest BCUT2D eigenvalue weighted by molar-refractivity contribution is 6.32. The lowest BCUT2D eigenvalue weighted by atomic mass is 9.87. The van der Waals surface area contributed by atoms with Crippen LogP contribution in [0, 0.1) is 5.92 Å². The van der Waals surface area contributed by atoms with Crippen molar-refractivity contribution in [2.75, 3.05) is 13.7 Å². The van der Waals surface area contributed by atoms with Gasteiger partial charge in [-0.15, -0.1) is 0 Å². The van der Waals surface area contributed by atoms with Crippen LogP contribution >= 0.6 is 11.6 Å². The van der Waals surface area contributed by atoms with Gasteiger partial charge >= 0.3 is 5.97 Å². The molecule has 0 aliphatic heterocycles. The molecule has 4 nitrogen and oxygen atoms in total. The van der Waals surface area contributed by atoms with E-state index in [0.717, 1.165) is 11.1 Å². The molecule has 2 rings (SSSR count). The zero-order chi connectivity index (χ0) is 14.5. The van der Waals surface area contributed by atoms with Crippen molar-refractivity contribution in [2.24, 2.45) is 5.92 Å². The maximum atomic E-state index is 12.0. The van der Waals surface area contributed by atoms with E-state index in [0.29, 0.717) is 23.9 Å². The van der Waals surface area contributed by atoms with Gasteiger partial charge < -0.3 is 9.47 Å². The molecule has 0 amide bonds. The molecule has 20 heavy (non-hydrogen) atoms. The Bertz CT molecular complexity index is 549. The van der Waals surface area contributed by atoms with Crippen molar-refractivity contribution >= 4 is 23.1 Å². The first-order chi connectivity index (χ1) is 9.65. The number of esters is 1. The average Bonchev–Trinajstić information content (AvgIpc) is 2.47. The second-order valence-corrected chi connectivity index (χ2v) is 4.75. The van der Waals surface area contributed by atoms with Crippen LogP contribution in [0.3, 0.4) is 0 Å². The Balaban J connectivity index is 2.32. The van der Waals surface area contributed by atoms with Gasteiger partial charge in [0.25, 0.3) is 0 Å². The van der Waals surface area contributed by atoms with Gasteiger partial charge in [0.05, 0.1) is 19.6 Å². The number of nitrogens with zero attached hydrogens (tertiary/aromatic N) is 1. The zero-order valence-electron chi connectivity index (χ0n) is 11.4. The third-order valence-corrected chi connectivity index (χ3v) is 3.33. The Morgan fingerprint density at radius 3 is 2.90 bits per heavy atom. The molecule has 1 heterocycles. The minimum Gasteiger partial charge on any atom is -0.481 e. The number of rotatable bonds is 4. The number of carbonyl (C=O) groups excluding carboxylic acids is 1. The average molecular weight is 294 g/mol. The van der Waals surface area contributed by atoms with Gasteiger partial charge in [-0.05, 0) is 36.6 Å². The maximum Gasteiger partial charge on any atom is 0.313 e. The summed E-state index contributed by atoms with van der Waals surface area (Å²) >= 11 is 6.05. The Hall–Kier alpha value is -1.81. The number of aromatic nitrogens is 1. The number of hydrogen-bond acceptors (Lipinski definition) is 4. The van der Waals surface area contributed by atoms with E-state index < -0.39 is 0 Å². The van der Waals surface area contributed by atoms with Gasteiger partial charge in [0, 0.05) is 17.3 Å². The summed E-state index contributed by atoms with van der Waals surface area (Å²) in [4.78, 5) is 16.2. The lowest BCUT2D eigenvalue weighted by Gasteiger charge is -2.21. The normalized spacial score (nSPS) is 18.1. The van der Waals surface area contributed by atoms with Crippen molar-refractivity contribution < 1.29 is 14.3 Å². The number of methoxy groups -OCH3 is 1. The minimum atomic E-state index is -0.340. The highest BCUT2D eigenvalue weighted by Crippen LogP contribution is 2.34. The zero-order valence-corrected chi connectivity index (χ0v) is 12.2. The molecular formula is C15H16ClNO3. The molecule has 0 fully saturated rings. The topological polar surface area (TPSA) is 48.4 Å². The minimum absolute atomic E-state index is 0.241. The molecule has 1 aliphatic rings. The molecule has 1 aromatic rings. The Morgan fingerprint density at radius 2 is 2.30 bits per heavy atom. The summed E-state index contributed by atoms with van der Waals surface area (Å²) in [6, 6.07) is 3.62. The summed E-state index contributed by atoms with van der Waals surface area (Å²) in [5, 5.41) is 0.622. The summed E-state index contributed by atoms with van der Waals surface area (Å²) < 4.78 is 10.1. The predicted molar refractivity (Wildman–Crippen MR) is 77.4 cm³/mol. The van der Waals surface area contributed by atoms with Gasteiger partial charge in [0.2, 0.25) is 5.88 Å². The van der Waals surface area contributed by atoms with Crippen LogP contribution in [0.25, 0.3) is 5.57 Å². The fourth-order valence-electron chi connectivity index (χ4n) is 2.09. The molecule has 0 saturated carbocycles. The monoisotopic (exact) mass is 293 g/mol. The molecule has 1 aromatic heterocycles. The van der Waals surface area contributed by atoms with E-state index in [1.807, 2.05) is 12.1 Å². The third-order valence-electron chi connectivity index (χ3n) is 3.07. The number of hydrogen-bond donors (Lipinski definition) is 0. The van der Waals surface area contributed by atoms with Gasteiger partial charge in [0.1, 0.15) is 0 Å². The second-order valence-electron chi connectivity index (χ2n) is 4.32. The highest BCUT2D eigenvalue weighted by Gasteiger charge is 2.27. The van der Waals surface area contributed by atoms with Crippen molar-refractivity contribution in [3.63, 3.8) is 0 Å². The van der Waals surface area contributed by atoms with Gasteiger partial charge in [-0.3, -0.25) is 4.79 Å². The molecule has 0 spiro atoms. The van der Waals surface area contributed by atoms with Gasteiger partial charge in [-0.2, -0.15) is 0 Å². The van der Waals surface area contributed by atoms with Crippen molar-refractivity contribution in [1.82, 2.24) is 4.98 Å². The summed E-state index contributed by atoms with van der Waals surface area (Å²) in [7, 11) is 1.56.